The van der Waals surface area contributed by atoms with Gasteiger partial charge < -0.3 is 4.74 Å². The molecule has 0 radical (unpaired) electrons. The third-order valence-corrected chi connectivity index (χ3v) is 0.420. The first kappa shape index (κ1) is 12.0. The number of hydrogen-bond acceptors (Lipinski definition) is 1. The summed E-state index contributed by atoms with van der Waals surface area (Å²) in [7, 11) is 0. The van der Waals surface area contributed by atoms with Crippen LogP contribution in [0.5, 0.6) is 0 Å². The van der Waals surface area contributed by atoms with Gasteiger partial charge in [0.15, 0.2) is 0 Å². The zero-order valence-electron chi connectivity index (χ0n) is 6.25. The molecule has 0 atom stereocenters. The smallest absolute Gasteiger partial charge is 0.342 e. The van der Waals surface area contributed by atoms with E-state index in [1.807, 2.05) is 13.8 Å². The molecule has 0 heterocycles. The maximum absolute atomic E-state index is 11.4. The first-order chi connectivity index (χ1) is 4.68. The standard InChI is InChI=1S/C4H5F3O.C2H6/c1-2-8-4(7)3(5)6;1-2/h2H2,1H3;1-2H3. The van der Waals surface area contributed by atoms with Gasteiger partial charge in [0.05, 0.1) is 6.61 Å². The van der Waals surface area contributed by atoms with Crippen molar-refractivity contribution in [1.29, 1.82) is 0 Å². The van der Waals surface area contributed by atoms with E-state index >= 15 is 0 Å². The van der Waals surface area contributed by atoms with Crippen molar-refractivity contribution in [2.24, 2.45) is 0 Å². The predicted molar refractivity (Wildman–Crippen MR) is 33.3 cm³/mol. The molecule has 0 spiro atoms. The third kappa shape index (κ3) is 7.33. The molecule has 0 amide bonds. The lowest BCUT2D eigenvalue weighted by atomic mass is 10.8. The van der Waals surface area contributed by atoms with Crippen LogP contribution in [0.4, 0.5) is 13.2 Å². The molecule has 0 aliphatic carbocycles. The van der Waals surface area contributed by atoms with Gasteiger partial charge in [0.2, 0.25) is 0 Å². The summed E-state index contributed by atoms with van der Waals surface area (Å²) in [5.41, 5.74) is 0. The van der Waals surface area contributed by atoms with Crippen LogP contribution in [0.3, 0.4) is 0 Å². The minimum absolute atomic E-state index is 0.0802. The van der Waals surface area contributed by atoms with E-state index in [0.717, 1.165) is 0 Å². The lowest BCUT2D eigenvalue weighted by Gasteiger charge is -1.93. The fourth-order valence-electron chi connectivity index (χ4n) is 0.181. The number of rotatable bonds is 2. The Hall–Kier alpha value is -0.670. The van der Waals surface area contributed by atoms with Gasteiger partial charge in [-0.3, -0.25) is 0 Å². The minimum atomic E-state index is -2.41. The molecule has 0 aliphatic rings. The fourth-order valence-corrected chi connectivity index (χ4v) is 0.181. The SMILES string of the molecule is CC.CCOC(F)=C(F)F. The highest BCUT2D eigenvalue weighted by molar-refractivity contribution is 4.79. The summed E-state index contributed by atoms with van der Waals surface area (Å²) >= 11 is 0. The molecule has 0 N–H and O–H groups in total. The largest absolute Gasteiger partial charge is 0.467 e. The molecule has 0 rings (SSSR count). The Balaban J connectivity index is 0. The van der Waals surface area contributed by atoms with E-state index in [-0.39, 0.29) is 6.61 Å². The van der Waals surface area contributed by atoms with Crippen LogP contribution in [-0.2, 0) is 4.74 Å². The molecule has 0 aromatic carbocycles. The number of hydrogen-bond donors (Lipinski definition) is 0. The summed E-state index contributed by atoms with van der Waals surface area (Å²) in [5, 5.41) is 0. The summed E-state index contributed by atoms with van der Waals surface area (Å²) in [6, 6.07) is -1.78. The molecule has 0 aliphatic heterocycles. The molecule has 1 nitrogen and oxygen atoms in total. The zero-order valence-corrected chi connectivity index (χ0v) is 6.25. The van der Waals surface area contributed by atoms with Crippen molar-refractivity contribution in [3.05, 3.63) is 12.1 Å². The van der Waals surface area contributed by atoms with Gasteiger partial charge in [0.1, 0.15) is 0 Å². The monoisotopic (exact) mass is 156 g/mol. The molecule has 0 bridgehead atoms. The second-order valence-electron chi connectivity index (χ2n) is 0.967. The molecular weight excluding hydrogens is 145 g/mol. The highest BCUT2D eigenvalue weighted by Gasteiger charge is 2.02. The Morgan fingerprint density at radius 2 is 1.60 bits per heavy atom. The Bertz CT molecular complexity index is 97.2. The average molecular weight is 156 g/mol. The van der Waals surface area contributed by atoms with Crippen molar-refractivity contribution in [3.63, 3.8) is 0 Å². The maximum atomic E-state index is 11.4. The molecule has 0 saturated carbocycles. The average Bonchev–Trinajstić information content (AvgIpc) is 1.93. The molecular formula is C6H11F3O. The van der Waals surface area contributed by atoms with Crippen molar-refractivity contribution >= 4 is 0 Å². The molecule has 0 aromatic rings. The van der Waals surface area contributed by atoms with Crippen LogP contribution in [0.2, 0.25) is 0 Å². The molecule has 0 saturated heterocycles. The quantitative estimate of drug-likeness (QED) is 0.558. The van der Waals surface area contributed by atoms with Crippen LogP contribution >= 0.6 is 0 Å². The van der Waals surface area contributed by atoms with Gasteiger partial charge in [-0.05, 0) is 6.92 Å². The second kappa shape index (κ2) is 8.33. The summed E-state index contributed by atoms with van der Waals surface area (Å²) in [6.45, 7) is 5.34. The number of halogens is 3. The summed E-state index contributed by atoms with van der Waals surface area (Å²) < 4.78 is 37.2. The van der Waals surface area contributed by atoms with Crippen molar-refractivity contribution in [2.45, 2.75) is 20.8 Å². The van der Waals surface area contributed by atoms with Crippen LogP contribution in [0.15, 0.2) is 12.1 Å². The first-order valence-corrected chi connectivity index (χ1v) is 3.02. The summed E-state index contributed by atoms with van der Waals surface area (Å²) in [6.07, 6.45) is -2.41. The Kier molecular flexibility index (Phi) is 10.0. The Morgan fingerprint density at radius 3 is 1.70 bits per heavy atom. The summed E-state index contributed by atoms with van der Waals surface area (Å²) in [5.74, 6) is 0. The first-order valence-electron chi connectivity index (χ1n) is 3.02. The maximum Gasteiger partial charge on any atom is 0.342 e. The Morgan fingerprint density at radius 1 is 1.20 bits per heavy atom. The Labute approximate surface area is 58.5 Å². The van der Waals surface area contributed by atoms with Gasteiger partial charge in [-0.25, -0.2) is 0 Å². The van der Waals surface area contributed by atoms with Gasteiger partial charge in [-0.15, -0.1) is 0 Å². The van der Waals surface area contributed by atoms with E-state index in [1.165, 1.54) is 6.92 Å². The lowest BCUT2D eigenvalue weighted by Crippen LogP contribution is -1.84. The topological polar surface area (TPSA) is 9.23 Å². The van der Waals surface area contributed by atoms with Crippen molar-refractivity contribution in [2.75, 3.05) is 6.61 Å². The highest BCUT2D eigenvalue weighted by atomic mass is 19.3. The van der Waals surface area contributed by atoms with Crippen LogP contribution in [0.1, 0.15) is 20.8 Å². The number of ether oxygens (including phenoxy) is 1. The van der Waals surface area contributed by atoms with Gasteiger partial charge in [-0.1, -0.05) is 13.8 Å². The highest BCUT2D eigenvalue weighted by Crippen LogP contribution is 2.08. The predicted octanol–water partition coefficient (Wildman–Crippen LogP) is 3.08. The van der Waals surface area contributed by atoms with Gasteiger partial charge in [0, 0.05) is 0 Å². The van der Waals surface area contributed by atoms with Crippen LogP contribution in [-0.4, -0.2) is 6.61 Å². The van der Waals surface area contributed by atoms with Crippen molar-refractivity contribution in [1.82, 2.24) is 0 Å². The van der Waals surface area contributed by atoms with E-state index in [0.29, 0.717) is 0 Å². The van der Waals surface area contributed by atoms with E-state index < -0.39 is 12.1 Å². The minimum Gasteiger partial charge on any atom is -0.467 e. The molecule has 62 valence electrons. The van der Waals surface area contributed by atoms with Crippen LogP contribution < -0.4 is 0 Å². The zero-order chi connectivity index (χ0) is 8.57. The molecule has 0 unspecified atom stereocenters. The molecule has 10 heavy (non-hydrogen) atoms. The van der Waals surface area contributed by atoms with Crippen LogP contribution in [0, 0.1) is 0 Å². The van der Waals surface area contributed by atoms with Gasteiger partial charge in [0.25, 0.3) is 0 Å². The van der Waals surface area contributed by atoms with E-state index in [4.69, 9.17) is 0 Å². The molecule has 0 aromatic heterocycles. The third-order valence-electron chi connectivity index (χ3n) is 0.420. The van der Waals surface area contributed by atoms with E-state index in [9.17, 15) is 13.2 Å². The van der Waals surface area contributed by atoms with E-state index in [1.54, 1.807) is 0 Å². The summed E-state index contributed by atoms with van der Waals surface area (Å²) in [4.78, 5) is 0. The van der Waals surface area contributed by atoms with Crippen LogP contribution in [0.25, 0.3) is 0 Å². The molecule has 4 heteroatoms. The van der Waals surface area contributed by atoms with Crippen molar-refractivity contribution in [3.8, 4) is 0 Å². The molecule has 0 fully saturated rings. The van der Waals surface area contributed by atoms with Crippen molar-refractivity contribution < 1.29 is 17.9 Å². The second-order valence-corrected chi connectivity index (χ2v) is 0.967. The fraction of sp³-hybridized carbons (Fsp3) is 0.667. The van der Waals surface area contributed by atoms with Gasteiger partial charge in [-0.2, -0.15) is 13.2 Å². The van der Waals surface area contributed by atoms with E-state index in [2.05, 4.69) is 4.74 Å². The lowest BCUT2D eigenvalue weighted by molar-refractivity contribution is 0.129. The normalized spacial score (nSPS) is 7.40. The van der Waals surface area contributed by atoms with Gasteiger partial charge >= 0.3 is 12.1 Å².